The van der Waals surface area contributed by atoms with E-state index < -0.39 is 5.97 Å². The van der Waals surface area contributed by atoms with Gasteiger partial charge in [-0.25, -0.2) is 9.48 Å². The lowest BCUT2D eigenvalue weighted by Gasteiger charge is -2.09. The summed E-state index contributed by atoms with van der Waals surface area (Å²) < 4.78 is 23.7. The van der Waals surface area contributed by atoms with Crippen molar-refractivity contribution in [3.05, 3.63) is 83.0 Å². The Bertz CT molecular complexity index is 1430. The highest BCUT2D eigenvalue weighted by atomic mass is 35.5. The minimum Gasteiger partial charge on any atom is -0.478 e. The Morgan fingerprint density at radius 1 is 0.886 bits per heavy atom. The number of ether oxygens (including phenoxy) is 4. The predicted molar refractivity (Wildman–Crippen MR) is 128 cm³/mol. The van der Waals surface area contributed by atoms with E-state index in [0.29, 0.717) is 39.3 Å². The van der Waals surface area contributed by atoms with Gasteiger partial charge in [0.05, 0.1) is 22.6 Å². The van der Waals surface area contributed by atoms with Gasteiger partial charge in [-0.3, -0.25) is 0 Å². The van der Waals surface area contributed by atoms with Crippen LogP contribution >= 0.6 is 11.6 Å². The molecule has 2 aliphatic rings. The lowest BCUT2D eigenvalue weighted by Crippen LogP contribution is -2.01. The summed E-state index contributed by atoms with van der Waals surface area (Å²) in [6.07, 6.45) is 1.52. The molecular formula is C26H17ClN2O6. The highest BCUT2D eigenvalue weighted by Crippen LogP contribution is 2.38. The van der Waals surface area contributed by atoms with Gasteiger partial charge in [0.1, 0.15) is 0 Å². The molecule has 174 valence electrons. The number of nitrogens with zero attached hydrogens (tertiary/aromatic N) is 2. The number of fused-ring (bicyclic) bond motifs is 2. The van der Waals surface area contributed by atoms with E-state index in [1.54, 1.807) is 28.9 Å². The van der Waals surface area contributed by atoms with Gasteiger partial charge in [0, 0.05) is 16.7 Å². The molecule has 3 aromatic carbocycles. The first-order valence-corrected chi connectivity index (χ1v) is 11.0. The van der Waals surface area contributed by atoms with Crippen LogP contribution in [-0.4, -0.2) is 34.4 Å². The molecule has 0 radical (unpaired) electrons. The van der Waals surface area contributed by atoms with Gasteiger partial charge in [-0.2, -0.15) is 5.10 Å². The Morgan fingerprint density at radius 3 is 2.34 bits per heavy atom. The number of hydrogen-bond acceptors (Lipinski definition) is 6. The second-order valence-electron chi connectivity index (χ2n) is 7.85. The Labute approximate surface area is 204 Å². The molecule has 9 heteroatoms. The van der Waals surface area contributed by atoms with Crippen molar-refractivity contribution in [2.75, 3.05) is 13.6 Å². The van der Waals surface area contributed by atoms with Crippen molar-refractivity contribution < 1.29 is 28.8 Å². The van der Waals surface area contributed by atoms with Crippen LogP contribution in [0.1, 0.15) is 11.3 Å². The molecule has 4 aromatic rings. The highest BCUT2D eigenvalue weighted by Gasteiger charge is 2.20. The smallest absolute Gasteiger partial charge is 0.336 e. The van der Waals surface area contributed by atoms with Gasteiger partial charge >= 0.3 is 5.97 Å². The van der Waals surface area contributed by atoms with Crippen LogP contribution in [0.15, 0.2) is 66.7 Å². The summed E-state index contributed by atoms with van der Waals surface area (Å²) in [7, 11) is 0. The molecule has 3 heterocycles. The zero-order valence-electron chi connectivity index (χ0n) is 18.1. The minimum absolute atomic E-state index is 0.0695. The Balaban J connectivity index is 1.50. The average molecular weight is 489 g/mol. The molecule has 1 aromatic heterocycles. The van der Waals surface area contributed by atoms with Crippen LogP contribution in [0.4, 0.5) is 0 Å². The predicted octanol–water partition coefficient (Wildman–Crippen LogP) is 5.28. The Morgan fingerprint density at radius 2 is 1.60 bits per heavy atom. The van der Waals surface area contributed by atoms with Crippen LogP contribution in [-0.2, 0) is 4.79 Å². The molecule has 0 saturated carbocycles. The van der Waals surface area contributed by atoms with E-state index in [2.05, 4.69) is 0 Å². The fourth-order valence-corrected chi connectivity index (χ4v) is 4.21. The van der Waals surface area contributed by atoms with Crippen LogP contribution in [0.25, 0.3) is 28.6 Å². The SMILES string of the molecule is O=C(O)/C(=C\c1cc(-c2ccc3c(c2)OCO3)n(-c2ccc3c(c2)OCO3)n1)c1cccc(Cl)c1. The fraction of sp³-hybridized carbons (Fsp3) is 0.0769. The normalized spacial score (nSPS) is 13.8. The number of carboxylic acids is 1. The molecule has 0 unspecified atom stereocenters. The zero-order chi connectivity index (χ0) is 23.9. The van der Waals surface area contributed by atoms with Crippen LogP contribution < -0.4 is 18.9 Å². The summed E-state index contributed by atoms with van der Waals surface area (Å²) in [6.45, 7) is 0.318. The van der Waals surface area contributed by atoms with Gasteiger partial charge in [-0.15, -0.1) is 0 Å². The molecule has 1 N–H and O–H groups in total. The number of aromatic nitrogens is 2. The molecule has 0 amide bonds. The first-order chi connectivity index (χ1) is 17.0. The van der Waals surface area contributed by atoms with E-state index in [1.807, 2.05) is 42.5 Å². The number of carbonyl (C=O) groups is 1. The quantitative estimate of drug-likeness (QED) is 0.382. The Kier molecular flexibility index (Phi) is 5.08. The summed E-state index contributed by atoms with van der Waals surface area (Å²) in [6, 6.07) is 19.6. The molecule has 35 heavy (non-hydrogen) atoms. The van der Waals surface area contributed by atoms with Crippen molar-refractivity contribution in [1.82, 2.24) is 9.78 Å². The van der Waals surface area contributed by atoms with Crippen LogP contribution in [0.3, 0.4) is 0 Å². The average Bonchev–Trinajstić information content (AvgIpc) is 3.60. The monoisotopic (exact) mass is 488 g/mol. The summed E-state index contributed by atoms with van der Waals surface area (Å²) in [4.78, 5) is 12.1. The third kappa shape index (κ3) is 3.94. The maximum absolute atomic E-state index is 12.1. The highest BCUT2D eigenvalue weighted by molar-refractivity contribution is 6.31. The lowest BCUT2D eigenvalue weighted by molar-refractivity contribution is -0.130. The number of hydrogen-bond donors (Lipinski definition) is 1. The lowest BCUT2D eigenvalue weighted by atomic mass is 10.0. The maximum atomic E-state index is 12.1. The van der Waals surface area contributed by atoms with Gasteiger partial charge in [-0.1, -0.05) is 23.7 Å². The zero-order valence-corrected chi connectivity index (χ0v) is 18.9. The Hall–Kier alpha value is -4.43. The number of rotatable bonds is 5. The maximum Gasteiger partial charge on any atom is 0.336 e. The van der Waals surface area contributed by atoms with E-state index in [0.717, 1.165) is 16.9 Å². The second-order valence-corrected chi connectivity index (χ2v) is 8.28. The van der Waals surface area contributed by atoms with Crippen molar-refractivity contribution in [3.63, 3.8) is 0 Å². The van der Waals surface area contributed by atoms with E-state index >= 15 is 0 Å². The van der Waals surface area contributed by atoms with Gasteiger partial charge in [-0.05, 0) is 60.2 Å². The fourth-order valence-electron chi connectivity index (χ4n) is 4.02. The van der Waals surface area contributed by atoms with Gasteiger partial charge in [0.15, 0.2) is 23.0 Å². The molecule has 0 bridgehead atoms. The molecule has 0 atom stereocenters. The summed E-state index contributed by atoms with van der Waals surface area (Å²) in [5.41, 5.74) is 3.27. The molecule has 0 fully saturated rings. The van der Waals surface area contributed by atoms with Crippen LogP contribution in [0.5, 0.6) is 23.0 Å². The first-order valence-electron chi connectivity index (χ1n) is 10.7. The van der Waals surface area contributed by atoms with E-state index in [4.69, 9.17) is 35.6 Å². The summed E-state index contributed by atoms with van der Waals surface area (Å²) in [5, 5.41) is 15.1. The van der Waals surface area contributed by atoms with E-state index in [1.165, 1.54) is 6.08 Å². The van der Waals surface area contributed by atoms with E-state index in [-0.39, 0.29) is 19.2 Å². The standard InChI is InChI=1S/C26H17ClN2O6/c27-17-3-1-2-15(8-17)20(26(30)31)10-18-11-21(16-4-6-22-24(9-16)34-13-32-22)29(28-18)19-5-7-23-25(12-19)35-14-33-23/h1-12H,13-14H2,(H,30,31)/b20-10-. The number of benzene rings is 3. The molecule has 0 aliphatic carbocycles. The molecular weight excluding hydrogens is 472 g/mol. The van der Waals surface area contributed by atoms with Gasteiger partial charge in [0.25, 0.3) is 0 Å². The van der Waals surface area contributed by atoms with Crippen LogP contribution in [0, 0.1) is 0 Å². The van der Waals surface area contributed by atoms with Gasteiger partial charge in [0.2, 0.25) is 13.6 Å². The van der Waals surface area contributed by atoms with Gasteiger partial charge < -0.3 is 24.1 Å². The second kappa shape index (κ2) is 8.41. The molecule has 6 rings (SSSR count). The van der Waals surface area contributed by atoms with Crippen molar-refractivity contribution >= 4 is 29.2 Å². The summed E-state index contributed by atoms with van der Waals surface area (Å²) >= 11 is 6.09. The van der Waals surface area contributed by atoms with E-state index in [9.17, 15) is 9.90 Å². The minimum atomic E-state index is -1.09. The molecule has 0 saturated heterocycles. The van der Waals surface area contributed by atoms with Crippen molar-refractivity contribution in [1.29, 1.82) is 0 Å². The van der Waals surface area contributed by atoms with Crippen molar-refractivity contribution in [3.8, 4) is 39.9 Å². The number of aliphatic carboxylic acids is 1. The third-order valence-corrected chi connectivity index (χ3v) is 5.89. The van der Waals surface area contributed by atoms with Crippen molar-refractivity contribution in [2.45, 2.75) is 0 Å². The van der Waals surface area contributed by atoms with Crippen LogP contribution in [0.2, 0.25) is 5.02 Å². The molecule has 0 spiro atoms. The first kappa shape index (κ1) is 21.1. The number of carboxylic acid groups (broad SMARTS) is 1. The topological polar surface area (TPSA) is 92.0 Å². The third-order valence-electron chi connectivity index (χ3n) is 5.66. The number of halogens is 1. The molecule has 2 aliphatic heterocycles. The van der Waals surface area contributed by atoms with Crippen molar-refractivity contribution in [2.24, 2.45) is 0 Å². The molecule has 8 nitrogen and oxygen atoms in total. The largest absolute Gasteiger partial charge is 0.478 e. The summed E-state index contributed by atoms with van der Waals surface area (Å²) in [5.74, 6) is 1.46.